The van der Waals surface area contributed by atoms with E-state index >= 15 is 0 Å². The summed E-state index contributed by atoms with van der Waals surface area (Å²) in [6, 6.07) is 11.3. The van der Waals surface area contributed by atoms with Crippen LogP contribution in [0.5, 0.6) is 0 Å². The average Bonchev–Trinajstić information content (AvgIpc) is 2.32. The van der Waals surface area contributed by atoms with Gasteiger partial charge in [0, 0.05) is 15.1 Å². The van der Waals surface area contributed by atoms with E-state index in [2.05, 4.69) is 15.9 Å². The van der Waals surface area contributed by atoms with Gasteiger partial charge in [0.15, 0.2) is 0 Å². The van der Waals surface area contributed by atoms with E-state index in [1.165, 1.54) is 12.1 Å². The van der Waals surface area contributed by atoms with E-state index in [-0.39, 0.29) is 5.82 Å². The maximum atomic E-state index is 12.9. The van der Waals surface area contributed by atoms with Crippen LogP contribution >= 0.6 is 15.9 Å². The number of rotatable bonds is 3. The summed E-state index contributed by atoms with van der Waals surface area (Å²) in [5, 5.41) is 0. The van der Waals surface area contributed by atoms with E-state index in [4.69, 9.17) is 5.73 Å². The highest BCUT2D eigenvalue weighted by Gasteiger charge is 2.08. The van der Waals surface area contributed by atoms with Crippen LogP contribution in [0.25, 0.3) is 0 Å². The van der Waals surface area contributed by atoms with E-state index in [1.807, 2.05) is 0 Å². The summed E-state index contributed by atoms with van der Waals surface area (Å²) >= 11 is 3.26. The molecule has 18 heavy (non-hydrogen) atoms. The second kappa shape index (κ2) is 5.63. The highest BCUT2D eigenvalue weighted by Crippen LogP contribution is 2.22. The molecular weight excluding hydrogens is 317 g/mol. The Bertz CT molecular complexity index is 603. The van der Waals surface area contributed by atoms with E-state index in [0.717, 1.165) is 5.56 Å². The maximum absolute atomic E-state index is 12.9. The highest BCUT2D eigenvalue weighted by molar-refractivity contribution is 9.10. The number of benzene rings is 2. The van der Waals surface area contributed by atoms with Crippen molar-refractivity contribution in [1.82, 2.24) is 0 Å². The van der Waals surface area contributed by atoms with Gasteiger partial charge in [0.1, 0.15) is 5.82 Å². The molecule has 2 nitrogen and oxygen atoms in total. The Labute approximate surface area is 116 Å². The molecule has 1 unspecified atom stereocenters. The van der Waals surface area contributed by atoms with Crippen LogP contribution in [0.4, 0.5) is 10.1 Å². The van der Waals surface area contributed by atoms with Crippen LogP contribution < -0.4 is 5.73 Å². The molecule has 0 spiro atoms. The van der Waals surface area contributed by atoms with Crippen LogP contribution in [0.3, 0.4) is 0 Å². The zero-order chi connectivity index (χ0) is 13.1. The Balaban J connectivity index is 2.21. The Hall–Kier alpha value is -1.20. The van der Waals surface area contributed by atoms with Gasteiger partial charge < -0.3 is 5.73 Å². The second-order valence-electron chi connectivity index (χ2n) is 3.80. The van der Waals surface area contributed by atoms with Crippen molar-refractivity contribution in [1.29, 1.82) is 0 Å². The Morgan fingerprint density at radius 1 is 1.22 bits per heavy atom. The van der Waals surface area contributed by atoms with Crippen molar-refractivity contribution in [3.05, 3.63) is 58.3 Å². The van der Waals surface area contributed by atoms with Gasteiger partial charge in [-0.2, -0.15) is 0 Å². The summed E-state index contributed by atoms with van der Waals surface area (Å²) in [6.45, 7) is 0. The van der Waals surface area contributed by atoms with Gasteiger partial charge in [0.2, 0.25) is 0 Å². The van der Waals surface area contributed by atoms with Gasteiger partial charge in [-0.05, 0) is 35.9 Å². The summed E-state index contributed by atoms with van der Waals surface area (Å²) in [5.41, 5.74) is 7.03. The molecule has 2 N–H and O–H groups in total. The molecule has 2 aromatic carbocycles. The molecule has 0 amide bonds. The summed E-state index contributed by atoms with van der Waals surface area (Å²) in [6.07, 6.45) is 0. The lowest BCUT2D eigenvalue weighted by atomic mass is 10.2. The predicted octanol–water partition coefficient (Wildman–Crippen LogP) is 3.48. The minimum atomic E-state index is -1.19. The molecule has 0 fully saturated rings. The fourth-order valence-electron chi connectivity index (χ4n) is 1.52. The van der Waals surface area contributed by atoms with Crippen molar-refractivity contribution in [2.24, 2.45) is 0 Å². The van der Waals surface area contributed by atoms with E-state index in [1.54, 1.807) is 30.3 Å². The molecule has 0 aliphatic carbocycles. The molecule has 0 aromatic heterocycles. The second-order valence-corrected chi connectivity index (χ2v) is 6.10. The molecule has 0 heterocycles. The van der Waals surface area contributed by atoms with Gasteiger partial charge in [-0.15, -0.1) is 0 Å². The first-order valence-electron chi connectivity index (χ1n) is 5.24. The molecular formula is C13H11BrFNOS. The lowest BCUT2D eigenvalue weighted by Gasteiger charge is -2.06. The molecule has 2 rings (SSSR count). The molecule has 0 saturated carbocycles. The van der Waals surface area contributed by atoms with Crippen LogP contribution in [0.1, 0.15) is 5.56 Å². The third-order valence-electron chi connectivity index (χ3n) is 2.42. The summed E-state index contributed by atoms with van der Waals surface area (Å²) in [7, 11) is -1.19. The summed E-state index contributed by atoms with van der Waals surface area (Å²) in [5.74, 6) is 0.00462. The lowest BCUT2D eigenvalue weighted by Crippen LogP contribution is -1.98. The van der Waals surface area contributed by atoms with Gasteiger partial charge in [-0.25, -0.2) is 4.39 Å². The van der Waals surface area contributed by atoms with Gasteiger partial charge in [0.05, 0.1) is 16.6 Å². The Morgan fingerprint density at radius 2 is 2.00 bits per heavy atom. The van der Waals surface area contributed by atoms with Crippen LogP contribution in [0.15, 0.2) is 51.8 Å². The number of anilines is 1. The number of halogens is 2. The van der Waals surface area contributed by atoms with Crippen LogP contribution in [0, 0.1) is 5.82 Å². The normalized spacial score (nSPS) is 12.3. The van der Waals surface area contributed by atoms with Crippen molar-refractivity contribution < 1.29 is 8.60 Å². The molecule has 1 atom stereocenters. The third kappa shape index (κ3) is 3.17. The topological polar surface area (TPSA) is 43.1 Å². The van der Waals surface area contributed by atoms with Crippen LogP contribution in [-0.4, -0.2) is 4.21 Å². The van der Waals surface area contributed by atoms with Crippen molar-refractivity contribution in [2.75, 3.05) is 5.73 Å². The number of hydrogen-bond donors (Lipinski definition) is 1. The minimum absolute atomic E-state index is 0.319. The summed E-state index contributed by atoms with van der Waals surface area (Å²) in [4.78, 5) is 0.672. The fourth-order valence-corrected chi connectivity index (χ4v) is 3.39. The predicted molar refractivity (Wildman–Crippen MR) is 75.1 cm³/mol. The van der Waals surface area contributed by atoms with E-state index in [9.17, 15) is 8.60 Å². The standard InChI is InChI=1S/C13H11BrFNOS/c14-13-6-10(15)5-4-9(13)8-18(17)12-3-1-2-11(16)7-12/h1-7H,8,16H2. The van der Waals surface area contributed by atoms with Gasteiger partial charge in [-0.1, -0.05) is 28.1 Å². The smallest absolute Gasteiger partial charge is 0.124 e. The van der Waals surface area contributed by atoms with Crippen LogP contribution in [-0.2, 0) is 16.6 Å². The first-order valence-corrected chi connectivity index (χ1v) is 7.35. The van der Waals surface area contributed by atoms with Gasteiger partial charge in [0.25, 0.3) is 0 Å². The molecule has 94 valence electrons. The lowest BCUT2D eigenvalue weighted by molar-refractivity contribution is 0.626. The number of nitrogens with two attached hydrogens (primary N) is 1. The zero-order valence-electron chi connectivity index (χ0n) is 9.40. The van der Waals surface area contributed by atoms with Crippen molar-refractivity contribution >= 4 is 32.4 Å². The monoisotopic (exact) mass is 327 g/mol. The zero-order valence-corrected chi connectivity index (χ0v) is 11.8. The average molecular weight is 328 g/mol. The van der Waals surface area contributed by atoms with Gasteiger partial charge in [-0.3, -0.25) is 4.21 Å². The first-order chi connectivity index (χ1) is 8.56. The SMILES string of the molecule is Nc1cccc(S(=O)Cc2ccc(F)cc2Br)c1. The number of nitrogen functional groups attached to an aromatic ring is 1. The van der Waals surface area contributed by atoms with E-state index < -0.39 is 10.8 Å². The fraction of sp³-hybridized carbons (Fsp3) is 0.0769. The van der Waals surface area contributed by atoms with Gasteiger partial charge >= 0.3 is 0 Å². The minimum Gasteiger partial charge on any atom is -0.399 e. The molecule has 0 aliphatic rings. The third-order valence-corrected chi connectivity index (χ3v) is 4.51. The van der Waals surface area contributed by atoms with Crippen molar-refractivity contribution in [3.8, 4) is 0 Å². The van der Waals surface area contributed by atoms with Crippen molar-refractivity contribution in [3.63, 3.8) is 0 Å². The number of hydrogen-bond acceptors (Lipinski definition) is 2. The summed E-state index contributed by atoms with van der Waals surface area (Å²) < 4.78 is 25.7. The molecule has 0 saturated heterocycles. The largest absolute Gasteiger partial charge is 0.399 e. The molecule has 0 aliphatic heterocycles. The maximum Gasteiger partial charge on any atom is 0.124 e. The molecule has 0 bridgehead atoms. The first kappa shape index (κ1) is 13.2. The Kier molecular flexibility index (Phi) is 4.14. The highest BCUT2D eigenvalue weighted by atomic mass is 79.9. The molecule has 2 aromatic rings. The Morgan fingerprint density at radius 3 is 2.67 bits per heavy atom. The molecule has 0 radical (unpaired) electrons. The van der Waals surface area contributed by atoms with Crippen LogP contribution in [0.2, 0.25) is 0 Å². The van der Waals surface area contributed by atoms with Crippen molar-refractivity contribution in [2.45, 2.75) is 10.6 Å². The quantitative estimate of drug-likeness (QED) is 0.877. The van der Waals surface area contributed by atoms with E-state index in [0.29, 0.717) is 20.8 Å². The molecule has 5 heteroatoms.